The van der Waals surface area contributed by atoms with Crippen LogP contribution >= 0.6 is 0 Å². The molecule has 0 atom stereocenters. The van der Waals surface area contributed by atoms with Crippen molar-refractivity contribution in [2.24, 2.45) is 5.92 Å². The van der Waals surface area contributed by atoms with Gasteiger partial charge in [-0.1, -0.05) is 43.7 Å². The first-order chi connectivity index (χ1) is 13.4. The van der Waals surface area contributed by atoms with Gasteiger partial charge >= 0.3 is 0 Å². The van der Waals surface area contributed by atoms with Crippen molar-refractivity contribution in [3.8, 4) is 11.1 Å². The number of benzene rings is 1. The van der Waals surface area contributed by atoms with Crippen molar-refractivity contribution in [3.05, 3.63) is 52.3 Å². The Hall–Kier alpha value is -2.20. The number of pyridine rings is 1. The minimum absolute atomic E-state index is 0.164. The summed E-state index contributed by atoms with van der Waals surface area (Å²) < 4.78 is 5.39. The van der Waals surface area contributed by atoms with Gasteiger partial charge in [-0.05, 0) is 55.4 Å². The second kappa shape index (κ2) is 8.87. The number of nitrogens with zero attached hydrogens (tertiary/aromatic N) is 2. The molecular formula is C24H32N2O2. The smallest absolute Gasteiger partial charge is 0.227 e. The van der Waals surface area contributed by atoms with E-state index in [2.05, 4.69) is 52.0 Å². The summed E-state index contributed by atoms with van der Waals surface area (Å²) in [6.45, 7) is 13.3. The molecule has 4 heteroatoms. The Morgan fingerprint density at radius 1 is 1.11 bits per heavy atom. The molecule has 28 heavy (non-hydrogen) atoms. The standard InChI is InChI=1S/C24H32N2O2/c1-16(2)14-22-18(4)24(20-8-6-17(3)7-9-20)21(19(5)25-22)15-23(27)26-10-12-28-13-11-26/h6-9,16H,10-15H2,1-5H3. The number of amides is 1. The topological polar surface area (TPSA) is 42.4 Å². The molecule has 0 aliphatic carbocycles. The van der Waals surface area contributed by atoms with Crippen molar-refractivity contribution in [2.75, 3.05) is 26.3 Å². The first-order valence-electron chi connectivity index (χ1n) is 10.3. The summed E-state index contributed by atoms with van der Waals surface area (Å²) in [4.78, 5) is 19.8. The average Bonchev–Trinajstić information content (AvgIpc) is 2.67. The molecule has 1 saturated heterocycles. The second-order valence-electron chi connectivity index (χ2n) is 8.26. The Bertz CT molecular complexity index is 835. The zero-order valence-corrected chi connectivity index (χ0v) is 17.8. The normalized spacial score (nSPS) is 14.6. The van der Waals surface area contributed by atoms with Gasteiger partial charge in [-0.25, -0.2) is 0 Å². The van der Waals surface area contributed by atoms with E-state index < -0.39 is 0 Å². The maximum absolute atomic E-state index is 13.0. The van der Waals surface area contributed by atoms with Crippen LogP contribution in [0.2, 0.25) is 0 Å². The molecule has 4 nitrogen and oxygen atoms in total. The maximum atomic E-state index is 13.0. The van der Waals surface area contributed by atoms with Gasteiger partial charge in [0.25, 0.3) is 0 Å². The lowest BCUT2D eigenvalue weighted by atomic mass is 9.89. The lowest BCUT2D eigenvalue weighted by Crippen LogP contribution is -2.41. The first kappa shape index (κ1) is 20.5. The molecule has 2 heterocycles. The van der Waals surface area contributed by atoms with E-state index in [1.54, 1.807) is 0 Å². The zero-order chi connectivity index (χ0) is 20.3. The van der Waals surface area contributed by atoms with Crippen molar-refractivity contribution in [1.82, 2.24) is 9.88 Å². The molecule has 1 fully saturated rings. The molecule has 0 radical (unpaired) electrons. The van der Waals surface area contributed by atoms with Gasteiger partial charge in [-0.3, -0.25) is 9.78 Å². The van der Waals surface area contributed by atoms with Crippen LogP contribution < -0.4 is 0 Å². The summed E-state index contributed by atoms with van der Waals surface area (Å²) in [7, 11) is 0. The number of aromatic nitrogens is 1. The third-order valence-electron chi connectivity index (χ3n) is 5.48. The van der Waals surface area contributed by atoms with Crippen molar-refractivity contribution < 1.29 is 9.53 Å². The van der Waals surface area contributed by atoms with Gasteiger partial charge in [0.15, 0.2) is 0 Å². The van der Waals surface area contributed by atoms with E-state index in [0.29, 0.717) is 38.6 Å². The summed E-state index contributed by atoms with van der Waals surface area (Å²) >= 11 is 0. The largest absolute Gasteiger partial charge is 0.378 e. The molecule has 3 rings (SSSR count). The molecule has 1 aliphatic heterocycles. The van der Waals surface area contributed by atoms with Gasteiger partial charge in [0, 0.05) is 24.5 Å². The van der Waals surface area contributed by atoms with Crippen LogP contribution in [0.5, 0.6) is 0 Å². The first-order valence-corrected chi connectivity index (χ1v) is 10.3. The fourth-order valence-electron chi connectivity index (χ4n) is 3.89. The van der Waals surface area contributed by atoms with E-state index >= 15 is 0 Å². The molecule has 1 amide bonds. The van der Waals surface area contributed by atoms with E-state index in [9.17, 15) is 4.79 Å². The minimum atomic E-state index is 0.164. The van der Waals surface area contributed by atoms with Crippen LogP contribution in [0.15, 0.2) is 24.3 Å². The maximum Gasteiger partial charge on any atom is 0.227 e. The Balaban J connectivity index is 2.05. The second-order valence-corrected chi connectivity index (χ2v) is 8.26. The SMILES string of the molecule is Cc1ccc(-c2c(C)c(CC(C)C)nc(C)c2CC(=O)N2CCOCC2)cc1. The van der Waals surface area contributed by atoms with Crippen LogP contribution in [0.3, 0.4) is 0 Å². The number of carbonyl (C=O) groups excluding carboxylic acids is 1. The number of rotatable bonds is 5. The fraction of sp³-hybridized carbons (Fsp3) is 0.500. The van der Waals surface area contributed by atoms with Crippen LogP contribution in [-0.4, -0.2) is 42.1 Å². The van der Waals surface area contributed by atoms with Crippen molar-refractivity contribution in [1.29, 1.82) is 0 Å². The quantitative estimate of drug-likeness (QED) is 0.778. The van der Waals surface area contributed by atoms with Crippen LogP contribution in [-0.2, 0) is 22.4 Å². The fourth-order valence-corrected chi connectivity index (χ4v) is 3.89. The predicted molar refractivity (Wildman–Crippen MR) is 114 cm³/mol. The average molecular weight is 381 g/mol. The Morgan fingerprint density at radius 3 is 2.36 bits per heavy atom. The highest BCUT2D eigenvalue weighted by Gasteiger charge is 2.23. The van der Waals surface area contributed by atoms with E-state index in [-0.39, 0.29) is 5.91 Å². The number of ether oxygens (including phenoxy) is 1. The lowest BCUT2D eigenvalue weighted by molar-refractivity contribution is -0.134. The molecule has 150 valence electrons. The van der Waals surface area contributed by atoms with Gasteiger partial charge in [-0.2, -0.15) is 0 Å². The van der Waals surface area contributed by atoms with Gasteiger partial charge in [0.2, 0.25) is 5.91 Å². The Morgan fingerprint density at radius 2 is 1.75 bits per heavy atom. The summed E-state index contributed by atoms with van der Waals surface area (Å²) in [5, 5.41) is 0. The highest BCUT2D eigenvalue weighted by atomic mass is 16.5. The Labute approximate surface area is 168 Å². The molecule has 0 bridgehead atoms. The van der Waals surface area contributed by atoms with Gasteiger partial charge in [-0.15, -0.1) is 0 Å². The molecule has 0 spiro atoms. The van der Waals surface area contributed by atoms with Gasteiger partial charge < -0.3 is 9.64 Å². The van der Waals surface area contributed by atoms with E-state index in [4.69, 9.17) is 9.72 Å². The molecule has 1 aromatic carbocycles. The minimum Gasteiger partial charge on any atom is -0.378 e. The molecule has 1 aliphatic rings. The summed E-state index contributed by atoms with van der Waals surface area (Å²) in [6, 6.07) is 8.61. The van der Waals surface area contributed by atoms with E-state index in [0.717, 1.165) is 23.4 Å². The number of aryl methyl sites for hydroxylation is 2. The molecule has 2 aromatic rings. The van der Waals surface area contributed by atoms with Crippen LogP contribution in [0, 0.1) is 26.7 Å². The van der Waals surface area contributed by atoms with Crippen molar-refractivity contribution >= 4 is 5.91 Å². The van der Waals surface area contributed by atoms with Gasteiger partial charge in [0.05, 0.1) is 19.6 Å². The van der Waals surface area contributed by atoms with Crippen LogP contribution in [0.1, 0.15) is 41.9 Å². The highest BCUT2D eigenvalue weighted by molar-refractivity contribution is 5.84. The molecule has 0 saturated carbocycles. The van der Waals surface area contributed by atoms with E-state index in [1.165, 1.54) is 22.3 Å². The van der Waals surface area contributed by atoms with Gasteiger partial charge in [0.1, 0.15) is 0 Å². The molecular weight excluding hydrogens is 348 g/mol. The summed E-state index contributed by atoms with van der Waals surface area (Å²) in [5.74, 6) is 0.704. The number of carbonyl (C=O) groups is 1. The summed E-state index contributed by atoms with van der Waals surface area (Å²) in [5.41, 5.74) is 7.97. The number of hydrogen-bond acceptors (Lipinski definition) is 3. The monoisotopic (exact) mass is 380 g/mol. The third-order valence-corrected chi connectivity index (χ3v) is 5.48. The molecule has 0 N–H and O–H groups in total. The Kier molecular flexibility index (Phi) is 6.50. The lowest BCUT2D eigenvalue weighted by Gasteiger charge is -2.28. The third kappa shape index (κ3) is 4.61. The summed E-state index contributed by atoms with van der Waals surface area (Å²) in [6.07, 6.45) is 1.34. The van der Waals surface area contributed by atoms with Crippen LogP contribution in [0.25, 0.3) is 11.1 Å². The van der Waals surface area contributed by atoms with E-state index in [1.807, 2.05) is 11.8 Å². The number of hydrogen-bond donors (Lipinski definition) is 0. The van der Waals surface area contributed by atoms with Crippen LogP contribution in [0.4, 0.5) is 0 Å². The predicted octanol–water partition coefficient (Wildman–Crippen LogP) is 4.27. The molecule has 0 unspecified atom stereocenters. The zero-order valence-electron chi connectivity index (χ0n) is 17.8. The number of morpholine rings is 1. The highest BCUT2D eigenvalue weighted by Crippen LogP contribution is 2.32. The molecule has 1 aromatic heterocycles. The van der Waals surface area contributed by atoms with Crippen molar-refractivity contribution in [3.63, 3.8) is 0 Å². The van der Waals surface area contributed by atoms with Crippen molar-refractivity contribution in [2.45, 2.75) is 47.5 Å².